The standard InChI is InChI=1S/C21H29N3O2/c1-24(2)14-8-13(9-14)12-22-21-15-6-5-7-17(15)23-18-11-20(26-4)19(25-3)10-16(18)21/h10-11,13-14H,5-9,12H2,1-4H3,(H,22,23). The van der Waals surface area contributed by atoms with E-state index in [1.165, 1.54) is 36.2 Å². The Kier molecular flexibility index (Phi) is 4.65. The Morgan fingerprint density at radius 1 is 1.12 bits per heavy atom. The van der Waals surface area contributed by atoms with E-state index in [4.69, 9.17) is 14.5 Å². The van der Waals surface area contributed by atoms with Crippen molar-refractivity contribution in [3.8, 4) is 11.5 Å². The average Bonchev–Trinajstić information content (AvgIpc) is 3.06. The van der Waals surface area contributed by atoms with Gasteiger partial charge in [-0.05, 0) is 63.7 Å². The minimum atomic E-state index is 0.740. The highest BCUT2D eigenvalue weighted by molar-refractivity contribution is 5.96. The summed E-state index contributed by atoms with van der Waals surface area (Å²) in [4.78, 5) is 7.26. The Bertz CT molecular complexity index is 813. The number of methoxy groups -OCH3 is 2. The zero-order valence-corrected chi connectivity index (χ0v) is 16.3. The van der Waals surface area contributed by atoms with Gasteiger partial charge in [0.2, 0.25) is 0 Å². The summed E-state index contributed by atoms with van der Waals surface area (Å²) in [5.74, 6) is 2.26. The van der Waals surface area contributed by atoms with Crippen molar-refractivity contribution < 1.29 is 9.47 Å². The van der Waals surface area contributed by atoms with Crippen molar-refractivity contribution in [3.63, 3.8) is 0 Å². The van der Waals surface area contributed by atoms with Crippen molar-refractivity contribution in [1.29, 1.82) is 0 Å². The molecule has 1 aromatic heterocycles. The van der Waals surface area contributed by atoms with Gasteiger partial charge in [-0.1, -0.05) is 0 Å². The van der Waals surface area contributed by atoms with Crippen LogP contribution in [0, 0.1) is 5.92 Å². The van der Waals surface area contributed by atoms with Crippen LogP contribution in [-0.2, 0) is 12.8 Å². The smallest absolute Gasteiger partial charge is 0.162 e. The second-order valence-electron chi connectivity index (χ2n) is 7.83. The Labute approximate surface area is 155 Å². The molecule has 0 spiro atoms. The number of aromatic nitrogens is 1. The number of hydrogen-bond acceptors (Lipinski definition) is 5. The van der Waals surface area contributed by atoms with Gasteiger partial charge in [-0.15, -0.1) is 0 Å². The fourth-order valence-electron chi connectivity index (χ4n) is 4.33. The molecule has 140 valence electrons. The van der Waals surface area contributed by atoms with Crippen LogP contribution in [0.4, 0.5) is 5.69 Å². The van der Waals surface area contributed by atoms with Crippen LogP contribution in [0.15, 0.2) is 12.1 Å². The molecular formula is C21H29N3O2. The van der Waals surface area contributed by atoms with Crippen LogP contribution in [0.2, 0.25) is 0 Å². The molecule has 0 atom stereocenters. The topological polar surface area (TPSA) is 46.6 Å². The number of fused-ring (bicyclic) bond motifs is 2. The minimum Gasteiger partial charge on any atom is -0.493 e. The van der Waals surface area contributed by atoms with Gasteiger partial charge in [0.25, 0.3) is 0 Å². The number of anilines is 1. The summed E-state index contributed by atoms with van der Waals surface area (Å²) >= 11 is 0. The SMILES string of the molecule is COc1cc2nc3c(c(NCC4CC(N(C)C)C4)c2cc1OC)CCC3. The van der Waals surface area contributed by atoms with Gasteiger partial charge in [0, 0.05) is 35.4 Å². The molecule has 1 saturated carbocycles. The van der Waals surface area contributed by atoms with Crippen molar-refractivity contribution in [1.82, 2.24) is 9.88 Å². The molecule has 0 saturated heterocycles. The molecule has 2 aliphatic carbocycles. The lowest BCUT2D eigenvalue weighted by molar-refractivity contribution is 0.131. The summed E-state index contributed by atoms with van der Waals surface area (Å²) in [5, 5.41) is 4.93. The maximum atomic E-state index is 5.53. The lowest BCUT2D eigenvalue weighted by atomic mass is 9.79. The lowest BCUT2D eigenvalue weighted by Gasteiger charge is -2.40. The third kappa shape index (κ3) is 2.98. The second kappa shape index (κ2) is 6.95. The van der Waals surface area contributed by atoms with Crippen molar-refractivity contribution in [3.05, 3.63) is 23.4 Å². The minimum absolute atomic E-state index is 0.740. The number of nitrogens with one attached hydrogen (secondary N) is 1. The Hall–Kier alpha value is -2.01. The van der Waals surface area contributed by atoms with Crippen molar-refractivity contribution in [2.24, 2.45) is 5.92 Å². The lowest BCUT2D eigenvalue weighted by Crippen LogP contribution is -2.42. The normalized spacial score (nSPS) is 21.6. The zero-order valence-electron chi connectivity index (χ0n) is 16.3. The molecule has 26 heavy (non-hydrogen) atoms. The molecule has 0 radical (unpaired) electrons. The number of benzene rings is 1. The maximum Gasteiger partial charge on any atom is 0.162 e. The average molecular weight is 355 g/mol. The van der Waals surface area contributed by atoms with Crippen LogP contribution in [-0.4, -0.2) is 50.8 Å². The van der Waals surface area contributed by atoms with Crippen LogP contribution in [0.5, 0.6) is 11.5 Å². The fourth-order valence-corrected chi connectivity index (χ4v) is 4.33. The number of rotatable bonds is 6. The predicted molar refractivity (Wildman–Crippen MR) is 106 cm³/mol. The number of ether oxygens (including phenoxy) is 2. The largest absolute Gasteiger partial charge is 0.493 e. The van der Waals surface area contributed by atoms with Crippen LogP contribution in [0.3, 0.4) is 0 Å². The first-order chi connectivity index (χ1) is 12.6. The number of pyridine rings is 1. The van der Waals surface area contributed by atoms with Gasteiger partial charge in [-0.25, -0.2) is 0 Å². The molecule has 1 N–H and O–H groups in total. The van der Waals surface area contributed by atoms with Crippen molar-refractivity contribution >= 4 is 16.6 Å². The monoisotopic (exact) mass is 355 g/mol. The summed E-state index contributed by atoms with van der Waals surface area (Å²) < 4.78 is 11.0. The Morgan fingerprint density at radius 2 is 1.85 bits per heavy atom. The molecule has 0 amide bonds. The molecule has 0 bridgehead atoms. The van der Waals surface area contributed by atoms with Crippen LogP contribution in [0.1, 0.15) is 30.5 Å². The zero-order chi connectivity index (χ0) is 18.3. The van der Waals surface area contributed by atoms with Gasteiger partial charge < -0.3 is 19.7 Å². The van der Waals surface area contributed by atoms with E-state index in [-0.39, 0.29) is 0 Å². The van der Waals surface area contributed by atoms with Gasteiger partial charge in [-0.2, -0.15) is 0 Å². The van der Waals surface area contributed by atoms with E-state index in [9.17, 15) is 0 Å². The summed E-state index contributed by atoms with van der Waals surface area (Å²) in [6.45, 7) is 1.03. The summed E-state index contributed by atoms with van der Waals surface area (Å²) in [6, 6.07) is 4.82. The predicted octanol–water partition coefficient (Wildman–Crippen LogP) is 3.49. The fraction of sp³-hybridized carbons (Fsp3) is 0.571. The first-order valence-corrected chi connectivity index (χ1v) is 9.58. The van der Waals surface area contributed by atoms with Crippen molar-refractivity contribution in [2.75, 3.05) is 40.2 Å². The van der Waals surface area contributed by atoms with Crippen LogP contribution < -0.4 is 14.8 Å². The molecule has 2 aromatic rings. The van der Waals surface area contributed by atoms with Gasteiger partial charge in [-0.3, -0.25) is 4.98 Å². The number of hydrogen-bond donors (Lipinski definition) is 1. The summed E-state index contributed by atoms with van der Waals surface area (Å²) in [5.41, 5.74) is 4.89. The number of aryl methyl sites for hydroxylation is 1. The molecule has 1 fully saturated rings. The van der Waals surface area contributed by atoms with Gasteiger partial charge in [0.1, 0.15) is 0 Å². The summed E-state index contributed by atoms with van der Waals surface area (Å²) in [7, 11) is 7.72. The molecule has 5 nitrogen and oxygen atoms in total. The van der Waals surface area contributed by atoms with Crippen LogP contribution in [0.25, 0.3) is 10.9 Å². The molecular weight excluding hydrogens is 326 g/mol. The molecule has 1 heterocycles. The first-order valence-electron chi connectivity index (χ1n) is 9.58. The molecule has 2 aliphatic rings. The van der Waals surface area contributed by atoms with E-state index in [2.05, 4.69) is 30.4 Å². The van der Waals surface area contributed by atoms with E-state index in [0.717, 1.165) is 53.7 Å². The van der Waals surface area contributed by atoms with E-state index >= 15 is 0 Å². The molecule has 0 aliphatic heterocycles. The van der Waals surface area contributed by atoms with Gasteiger partial charge in [0.05, 0.1) is 19.7 Å². The van der Waals surface area contributed by atoms with Gasteiger partial charge in [0.15, 0.2) is 11.5 Å². The highest BCUT2D eigenvalue weighted by Crippen LogP contribution is 2.40. The van der Waals surface area contributed by atoms with E-state index in [0.29, 0.717) is 0 Å². The maximum absolute atomic E-state index is 5.53. The van der Waals surface area contributed by atoms with Gasteiger partial charge >= 0.3 is 0 Å². The molecule has 4 rings (SSSR count). The highest BCUT2D eigenvalue weighted by Gasteiger charge is 2.31. The quantitative estimate of drug-likeness (QED) is 0.859. The van der Waals surface area contributed by atoms with Crippen LogP contribution >= 0.6 is 0 Å². The highest BCUT2D eigenvalue weighted by atomic mass is 16.5. The summed E-state index contributed by atoms with van der Waals surface area (Å²) in [6.07, 6.45) is 5.93. The van der Waals surface area contributed by atoms with E-state index < -0.39 is 0 Å². The Balaban J connectivity index is 1.66. The third-order valence-electron chi connectivity index (χ3n) is 6.03. The Morgan fingerprint density at radius 3 is 2.54 bits per heavy atom. The third-order valence-corrected chi connectivity index (χ3v) is 6.03. The molecule has 0 unspecified atom stereocenters. The molecule has 1 aromatic carbocycles. The molecule has 5 heteroatoms. The van der Waals surface area contributed by atoms with Crippen molar-refractivity contribution in [2.45, 2.75) is 38.1 Å². The van der Waals surface area contributed by atoms with E-state index in [1.54, 1.807) is 14.2 Å². The number of nitrogens with zero attached hydrogens (tertiary/aromatic N) is 2. The van der Waals surface area contributed by atoms with E-state index in [1.807, 2.05) is 6.07 Å². The second-order valence-corrected chi connectivity index (χ2v) is 7.83. The first kappa shape index (κ1) is 17.4.